The molecule has 0 fully saturated rings. The molecule has 2 aromatic heterocycles. The topological polar surface area (TPSA) is 91.5 Å². The number of halogens is 3. The second-order valence-corrected chi connectivity index (χ2v) is 9.29. The number of aromatic nitrogens is 4. The molecule has 0 atom stereocenters. The van der Waals surface area contributed by atoms with E-state index in [1.807, 2.05) is 24.3 Å². The molecule has 10 heteroatoms. The number of nitrogens with one attached hydrogen (secondary N) is 2. The van der Waals surface area contributed by atoms with Gasteiger partial charge in [0, 0.05) is 15.2 Å². The molecular formula is C15H11Br2ClN4O2S. The molecule has 0 spiro atoms. The smallest absolute Gasteiger partial charge is 0.225 e. The normalized spacial score (nSPS) is 11.5. The Balaban J connectivity index is 0.000000150. The Kier molecular flexibility index (Phi) is 5.19. The van der Waals surface area contributed by atoms with Crippen LogP contribution in [0.3, 0.4) is 0 Å². The van der Waals surface area contributed by atoms with E-state index in [1.165, 1.54) is 0 Å². The largest absolute Gasteiger partial charge is 0.329 e. The Hall–Kier alpha value is -1.42. The summed E-state index contributed by atoms with van der Waals surface area (Å²) < 4.78 is 24.3. The van der Waals surface area contributed by atoms with Crippen LogP contribution in [0.2, 0.25) is 5.28 Å². The van der Waals surface area contributed by atoms with Gasteiger partial charge in [0.05, 0.1) is 22.1 Å². The molecule has 6 nitrogen and oxygen atoms in total. The van der Waals surface area contributed by atoms with Gasteiger partial charge >= 0.3 is 0 Å². The van der Waals surface area contributed by atoms with Gasteiger partial charge in [0.1, 0.15) is 0 Å². The maximum absolute atomic E-state index is 11.2. The summed E-state index contributed by atoms with van der Waals surface area (Å²) in [7, 11) is -3.26. The predicted octanol–water partition coefficient (Wildman–Crippen LogP) is 4.71. The van der Waals surface area contributed by atoms with E-state index in [1.54, 1.807) is 12.1 Å². The third-order valence-corrected chi connectivity index (χ3v) is 5.25. The Bertz CT molecular complexity index is 1170. The fourth-order valence-electron chi connectivity index (χ4n) is 2.08. The lowest BCUT2D eigenvalue weighted by molar-refractivity contribution is 0.595. The first-order valence-corrected chi connectivity index (χ1v) is 10.7. The number of nitrogens with zero attached hydrogens (tertiary/aromatic N) is 2. The van der Waals surface area contributed by atoms with E-state index in [4.69, 9.17) is 11.6 Å². The zero-order valence-corrected chi connectivity index (χ0v) is 17.5. The summed E-state index contributed by atoms with van der Waals surface area (Å²) in [4.78, 5) is 13.7. The van der Waals surface area contributed by atoms with Crippen LogP contribution in [0.4, 0.5) is 0 Å². The van der Waals surface area contributed by atoms with E-state index in [0.29, 0.717) is 16.3 Å². The summed E-state index contributed by atoms with van der Waals surface area (Å²) in [5, 5.41) is 0.434. The van der Waals surface area contributed by atoms with Crippen LogP contribution < -0.4 is 0 Å². The Morgan fingerprint density at radius 1 is 0.920 bits per heavy atom. The number of sulfone groups is 1. The molecule has 0 saturated carbocycles. The zero-order chi connectivity index (χ0) is 18.2. The van der Waals surface area contributed by atoms with E-state index in [2.05, 4.69) is 51.8 Å². The summed E-state index contributed by atoms with van der Waals surface area (Å²) in [6, 6.07) is 11.1. The summed E-state index contributed by atoms with van der Waals surface area (Å²) in [6.45, 7) is 0. The number of benzene rings is 2. The van der Waals surface area contributed by atoms with Crippen LogP contribution in [-0.2, 0) is 9.84 Å². The van der Waals surface area contributed by atoms with Gasteiger partial charge in [-0.25, -0.2) is 18.4 Å². The van der Waals surface area contributed by atoms with Crippen LogP contribution in [0.5, 0.6) is 0 Å². The van der Waals surface area contributed by atoms with E-state index in [-0.39, 0.29) is 5.16 Å². The number of aromatic amines is 2. The third kappa shape index (κ3) is 4.41. The summed E-state index contributed by atoms with van der Waals surface area (Å²) in [6.07, 6.45) is 1.12. The average molecular weight is 507 g/mol. The van der Waals surface area contributed by atoms with Gasteiger partial charge in [-0.15, -0.1) is 0 Å². The molecule has 0 aliphatic rings. The molecule has 25 heavy (non-hydrogen) atoms. The molecule has 0 amide bonds. The van der Waals surface area contributed by atoms with Gasteiger partial charge in [-0.2, -0.15) is 0 Å². The minimum absolute atomic E-state index is 0.00519. The minimum Gasteiger partial charge on any atom is -0.329 e. The van der Waals surface area contributed by atoms with E-state index >= 15 is 0 Å². The number of H-pyrrole nitrogens is 2. The van der Waals surface area contributed by atoms with E-state index < -0.39 is 9.84 Å². The Morgan fingerprint density at radius 2 is 1.44 bits per heavy atom. The summed E-state index contributed by atoms with van der Waals surface area (Å²) in [5.41, 5.74) is 3.19. The van der Waals surface area contributed by atoms with Crippen LogP contribution in [0, 0.1) is 0 Å². The van der Waals surface area contributed by atoms with Gasteiger partial charge < -0.3 is 9.97 Å². The minimum atomic E-state index is -3.26. The summed E-state index contributed by atoms with van der Waals surface area (Å²) >= 11 is 12.3. The van der Waals surface area contributed by atoms with Crippen LogP contribution in [-0.4, -0.2) is 34.6 Å². The molecule has 2 aromatic carbocycles. The lowest BCUT2D eigenvalue weighted by Gasteiger charge is -1.88. The fraction of sp³-hybridized carbons (Fsp3) is 0.0667. The van der Waals surface area contributed by atoms with Crippen molar-refractivity contribution in [2.45, 2.75) is 5.16 Å². The SMILES string of the molecule is CS(=O)(=O)c1nc2ccc(Br)cc2[nH]1.Clc1nc2ccc(Br)cc2[nH]1. The molecule has 2 N–H and O–H groups in total. The van der Waals surface area contributed by atoms with Gasteiger partial charge in [-0.3, -0.25) is 0 Å². The highest BCUT2D eigenvalue weighted by Crippen LogP contribution is 2.20. The molecular weight excluding hydrogens is 496 g/mol. The van der Waals surface area contributed by atoms with Crippen molar-refractivity contribution < 1.29 is 8.42 Å². The Morgan fingerprint density at radius 3 is 2.00 bits per heavy atom. The predicted molar refractivity (Wildman–Crippen MR) is 106 cm³/mol. The van der Waals surface area contributed by atoms with Gasteiger partial charge in [-0.05, 0) is 48.0 Å². The molecule has 0 aliphatic heterocycles. The zero-order valence-electron chi connectivity index (χ0n) is 12.7. The molecule has 4 rings (SSSR count). The molecule has 4 aromatic rings. The van der Waals surface area contributed by atoms with Crippen molar-refractivity contribution in [2.75, 3.05) is 6.26 Å². The monoisotopic (exact) mass is 504 g/mol. The highest BCUT2D eigenvalue weighted by Gasteiger charge is 2.12. The van der Waals surface area contributed by atoms with E-state index in [0.717, 1.165) is 26.2 Å². The van der Waals surface area contributed by atoms with Crippen molar-refractivity contribution in [3.05, 3.63) is 50.6 Å². The molecule has 0 aliphatic carbocycles. The third-order valence-electron chi connectivity index (χ3n) is 3.19. The number of rotatable bonds is 1. The lowest BCUT2D eigenvalue weighted by Crippen LogP contribution is -1.98. The van der Waals surface area contributed by atoms with Crippen molar-refractivity contribution in [3.63, 3.8) is 0 Å². The number of hydrogen-bond acceptors (Lipinski definition) is 4. The van der Waals surface area contributed by atoms with Gasteiger partial charge in [0.25, 0.3) is 0 Å². The molecule has 0 bridgehead atoms. The lowest BCUT2D eigenvalue weighted by atomic mass is 10.3. The van der Waals surface area contributed by atoms with Crippen molar-refractivity contribution in [2.24, 2.45) is 0 Å². The fourth-order valence-corrected chi connectivity index (χ4v) is 3.56. The van der Waals surface area contributed by atoms with Crippen molar-refractivity contribution in [1.82, 2.24) is 19.9 Å². The summed E-state index contributed by atoms with van der Waals surface area (Å²) in [5.74, 6) is 0. The first kappa shape index (κ1) is 18.4. The van der Waals surface area contributed by atoms with E-state index in [9.17, 15) is 8.42 Å². The molecule has 0 radical (unpaired) electrons. The second kappa shape index (κ2) is 7.06. The standard InChI is InChI=1S/C8H7BrN2O2S.C7H4BrClN2/c1-14(12,13)8-10-6-3-2-5(9)4-7(6)11-8;8-4-1-2-5-6(3-4)11-7(9)10-5/h2-4H,1H3,(H,10,11);1-3H,(H,10,11). The van der Waals surface area contributed by atoms with Gasteiger partial charge in [0.2, 0.25) is 20.3 Å². The first-order chi connectivity index (χ1) is 11.7. The highest BCUT2D eigenvalue weighted by atomic mass is 79.9. The molecule has 0 unspecified atom stereocenters. The maximum atomic E-state index is 11.2. The Labute approximate surface area is 165 Å². The molecule has 130 valence electrons. The van der Waals surface area contributed by atoms with Crippen LogP contribution >= 0.6 is 43.5 Å². The number of fused-ring (bicyclic) bond motifs is 2. The van der Waals surface area contributed by atoms with Crippen LogP contribution in [0.25, 0.3) is 22.1 Å². The number of hydrogen-bond donors (Lipinski definition) is 2. The first-order valence-electron chi connectivity index (χ1n) is 6.88. The van der Waals surface area contributed by atoms with Crippen LogP contribution in [0.15, 0.2) is 50.5 Å². The second-order valence-electron chi connectivity index (χ2n) is 5.16. The van der Waals surface area contributed by atoms with Gasteiger partial charge in [0.15, 0.2) is 0 Å². The van der Waals surface area contributed by atoms with Gasteiger partial charge in [-0.1, -0.05) is 31.9 Å². The quantitative estimate of drug-likeness (QED) is 0.391. The maximum Gasteiger partial charge on any atom is 0.225 e. The van der Waals surface area contributed by atoms with Crippen molar-refractivity contribution in [1.29, 1.82) is 0 Å². The van der Waals surface area contributed by atoms with Crippen molar-refractivity contribution in [3.8, 4) is 0 Å². The van der Waals surface area contributed by atoms with Crippen molar-refractivity contribution >= 4 is 75.4 Å². The molecule has 0 saturated heterocycles. The average Bonchev–Trinajstić information content (AvgIpc) is 3.09. The molecule has 2 heterocycles. The van der Waals surface area contributed by atoms with Crippen LogP contribution in [0.1, 0.15) is 0 Å². The highest BCUT2D eigenvalue weighted by molar-refractivity contribution is 9.10. The number of imidazole rings is 2.